The first-order valence-corrected chi connectivity index (χ1v) is 10.3. The van der Waals surface area contributed by atoms with E-state index in [1.165, 1.54) is 0 Å². The van der Waals surface area contributed by atoms with Gasteiger partial charge in [-0.2, -0.15) is 4.98 Å². The minimum absolute atomic E-state index is 0.163. The zero-order valence-electron chi connectivity index (χ0n) is 18.3. The molecule has 2 heterocycles. The Hall–Kier alpha value is -3.39. The molecule has 0 aliphatic carbocycles. The van der Waals surface area contributed by atoms with Crippen molar-refractivity contribution >= 4 is 17.3 Å². The van der Waals surface area contributed by atoms with E-state index >= 15 is 0 Å². The number of aryl methyl sites for hydroxylation is 2. The zero-order valence-corrected chi connectivity index (χ0v) is 18.3. The molecule has 0 bridgehead atoms. The summed E-state index contributed by atoms with van der Waals surface area (Å²) in [5, 5.41) is 6.96. The molecule has 1 saturated heterocycles. The number of likely N-dealkylation sites (N-methyl/N-ethyl adjacent to an activating group) is 1. The van der Waals surface area contributed by atoms with Gasteiger partial charge in [-0.15, -0.1) is 0 Å². The Labute approximate surface area is 181 Å². The average molecular weight is 422 g/mol. The Morgan fingerprint density at radius 1 is 1.10 bits per heavy atom. The quantitative estimate of drug-likeness (QED) is 0.676. The molecule has 1 fully saturated rings. The van der Waals surface area contributed by atoms with E-state index in [9.17, 15) is 4.79 Å². The van der Waals surface area contributed by atoms with Crippen LogP contribution in [-0.4, -0.2) is 61.3 Å². The van der Waals surface area contributed by atoms with Gasteiger partial charge in [0.1, 0.15) is 5.75 Å². The highest BCUT2D eigenvalue weighted by atomic mass is 16.5. The molecule has 4 rings (SSSR count). The van der Waals surface area contributed by atoms with Crippen molar-refractivity contribution in [1.82, 2.24) is 15.0 Å². The van der Waals surface area contributed by atoms with Crippen molar-refractivity contribution in [3.8, 4) is 17.1 Å². The number of piperazine rings is 1. The van der Waals surface area contributed by atoms with Crippen LogP contribution in [0.3, 0.4) is 0 Å². The van der Waals surface area contributed by atoms with Crippen molar-refractivity contribution in [2.45, 2.75) is 13.8 Å². The van der Waals surface area contributed by atoms with Gasteiger partial charge in [-0.3, -0.25) is 4.79 Å². The van der Waals surface area contributed by atoms with Gasteiger partial charge in [0.2, 0.25) is 11.7 Å². The van der Waals surface area contributed by atoms with Crippen LogP contribution in [0.1, 0.15) is 21.8 Å². The fourth-order valence-corrected chi connectivity index (χ4v) is 3.68. The van der Waals surface area contributed by atoms with Crippen LogP contribution in [0.25, 0.3) is 11.4 Å². The van der Waals surface area contributed by atoms with Gasteiger partial charge in [0.15, 0.2) is 0 Å². The highest BCUT2D eigenvalue weighted by molar-refractivity contribution is 6.05. The molecule has 0 radical (unpaired) electrons. The van der Waals surface area contributed by atoms with Gasteiger partial charge in [-0.05, 0) is 55.9 Å². The Bertz CT molecular complexity index is 1090. The van der Waals surface area contributed by atoms with Crippen molar-refractivity contribution < 1.29 is 14.1 Å². The second-order valence-corrected chi connectivity index (χ2v) is 7.80. The lowest BCUT2D eigenvalue weighted by Crippen LogP contribution is -2.44. The summed E-state index contributed by atoms with van der Waals surface area (Å²) in [6.07, 6.45) is 0. The molecule has 0 spiro atoms. The van der Waals surface area contributed by atoms with E-state index in [0.717, 1.165) is 54.4 Å². The van der Waals surface area contributed by atoms with Crippen molar-refractivity contribution in [3.63, 3.8) is 0 Å². The molecule has 1 aliphatic heterocycles. The third-order valence-electron chi connectivity index (χ3n) is 5.55. The van der Waals surface area contributed by atoms with E-state index in [4.69, 9.17) is 9.26 Å². The normalized spacial score (nSPS) is 14.5. The van der Waals surface area contributed by atoms with Gasteiger partial charge in [0.05, 0.1) is 12.8 Å². The molecule has 3 aromatic rings. The maximum absolute atomic E-state index is 13.0. The summed E-state index contributed by atoms with van der Waals surface area (Å²) in [5.74, 6) is 1.66. The van der Waals surface area contributed by atoms with E-state index in [0.29, 0.717) is 17.3 Å². The van der Waals surface area contributed by atoms with Crippen molar-refractivity contribution in [2.24, 2.45) is 0 Å². The number of nitrogens with one attached hydrogen (secondary N) is 1. The predicted molar refractivity (Wildman–Crippen MR) is 120 cm³/mol. The molecule has 0 unspecified atom stereocenters. The number of anilines is 2. The molecule has 0 saturated carbocycles. The van der Waals surface area contributed by atoms with E-state index in [1.54, 1.807) is 20.1 Å². The Kier molecular flexibility index (Phi) is 5.90. The lowest BCUT2D eigenvalue weighted by atomic mass is 10.1. The fraction of sp³-hybridized carbons (Fsp3) is 0.348. The minimum atomic E-state index is -0.163. The lowest BCUT2D eigenvalue weighted by Gasteiger charge is -2.34. The topological polar surface area (TPSA) is 83.7 Å². The Morgan fingerprint density at radius 3 is 2.52 bits per heavy atom. The van der Waals surface area contributed by atoms with Gasteiger partial charge in [0.25, 0.3) is 5.91 Å². The fourth-order valence-electron chi connectivity index (χ4n) is 3.68. The molecule has 2 aromatic carbocycles. The van der Waals surface area contributed by atoms with Crippen LogP contribution < -0.4 is 15.0 Å². The number of methoxy groups -OCH3 is 1. The molecule has 1 N–H and O–H groups in total. The summed E-state index contributed by atoms with van der Waals surface area (Å²) in [7, 11) is 3.77. The summed E-state index contributed by atoms with van der Waals surface area (Å²) in [6.45, 7) is 7.44. The van der Waals surface area contributed by atoms with Gasteiger partial charge >= 0.3 is 0 Å². The summed E-state index contributed by atoms with van der Waals surface area (Å²) >= 11 is 0. The number of carbonyl (C=O) groups is 1. The second kappa shape index (κ2) is 8.77. The van der Waals surface area contributed by atoms with Gasteiger partial charge in [0, 0.05) is 49.9 Å². The molecule has 1 amide bonds. The van der Waals surface area contributed by atoms with Crippen molar-refractivity contribution in [3.05, 3.63) is 53.4 Å². The van der Waals surface area contributed by atoms with Crippen molar-refractivity contribution in [1.29, 1.82) is 0 Å². The maximum Gasteiger partial charge on any atom is 0.255 e. The van der Waals surface area contributed by atoms with Gasteiger partial charge in [-0.25, -0.2) is 0 Å². The van der Waals surface area contributed by atoms with Gasteiger partial charge < -0.3 is 24.4 Å². The largest absolute Gasteiger partial charge is 0.495 e. The smallest absolute Gasteiger partial charge is 0.255 e. The molecule has 1 aliphatic rings. The number of ether oxygens (including phenoxy) is 1. The van der Waals surface area contributed by atoms with E-state index < -0.39 is 0 Å². The van der Waals surface area contributed by atoms with Crippen LogP contribution >= 0.6 is 0 Å². The zero-order chi connectivity index (χ0) is 22.0. The van der Waals surface area contributed by atoms with E-state index in [1.807, 2.05) is 37.3 Å². The molecule has 162 valence electrons. The number of nitrogens with zero attached hydrogens (tertiary/aromatic N) is 4. The first kappa shape index (κ1) is 20.9. The average Bonchev–Trinajstić information content (AvgIpc) is 3.21. The van der Waals surface area contributed by atoms with Crippen LogP contribution in [0.2, 0.25) is 0 Å². The summed E-state index contributed by atoms with van der Waals surface area (Å²) in [4.78, 5) is 21.8. The third-order valence-corrected chi connectivity index (χ3v) is 5.55. The van der Waals surface area contributed by atoms with Crippen LogP contribution in [0.15, 0.2) is 40.9 Å². The number of benzene rings is 2. The standard InChI is InChI=1S/C23H27N5O3/c1-15-13-17(22-24-16(2)31-26-22)5-7-19(15)25-23(29)18-6-8-21(30-4)20(14-18)28-11-9-27(3)10-12-28/h5-8,13-14H,9-12H2,1-4H3,(H,25,29). The number of carbonyl (C=O) groups excluding carboxylic acids is 1. The molecule has 0 atom stereocenters. The van der Waals surface area contributed by atoms with Crippen molar-refractivity contribution in [2.75, 3.05) is 50.6 Å². The van der Waals surface area contributed by atoms with Crippen LogP contribution in [-0.2, 0) is 0 Å². The first-order chi connectivity index (χ1) is 14.9. The molecule has 1 aromatic heterocycles. The summed E-state index contributed by atoms with van der Waals surface area (Å²) < 4.78 is 10.6. The first-order valence-electron chi connectivity index (χ1n) is 10.3. The maximum atomic E-state index is 13.0. The number of rotatable bonds is 5. The lowest BCUT2D eigenvalue weighted by molar-refractivity contribution is 0.102. The summed E-state index contributed by atoms with van der Waals surface area (Å²) in [5.41, 5.74) is 4.04. The Balaban J connectivity index is 1.54. The summed E-state index contributed by atoms with van der Waals surface area (Å²) in [6, 6.07) is 11.2. The highest BCUT2D eigenvalue weighted by Crippen LogP contribution is 2.31. The monoisotopic (exact) mass is 421 g/mol. The molecule has 8 heteroatoms. The number of aromatic nitrogens is 2. The van der Waals surface area contributed by atoms with E-state index in [-0.39, 0.29) is 5.91 Å². The van der Waals surface area contributed by atoms with Gasteiger partial charge in [-0.1, -0.05) is 5.16 Å². The molecule has 31 heavy (non-hydrogen) atoms. The SMILES string of the molecule is COc1ccc(C(=O)Nc2ccc(-c3noc(C)n3)cc2C)cc1N1CCN(C)CC1. The predicted octanol–water partition coefficient (Wildman–Crippen LogP) is 3.37. The minimum Gasteiger partial charge on any atom is -0.495 e. The molecular formula is C23H27N5O3. The number of amides is 1. The molecule has 8 nitrogen and oxygen atoms in total. The Morgan fingerprint density at radius 2 is 1.87 bits per heavy atom. The molecular weight excluding hydrogens is 394 g/mol. The second-order valence-electron chi connectivity index (χ2n) is 7.80. The van der Waals surface area contributed by atoms with Crippen LogP contribution in [0.4, 0.5) is 11.4 Å². The van der Waals surface area contributed by atoms with E-state index in [2.05, 4.69) is 32.3 Å². The third kappa shape index (κ3) is 4.54. The van der Waals surface area contributed by atoms with Crippen LogP contribution in [0.5, 0.6) is 5.75 Å². The highest BCUT2D eigenvalue weighted by Gasteiger charge is 2.20. The van der Waals surface area contributed by atoms with Crippen LogP contribution in [0, 0.1) is 13.8 Å². The number of hydrogen-bond acceptors (Lipinski definition) is 7. The number of hydrogen-bond donors (Lipinski definition) is 1.